The molecule has 2 heterocycles. The van der Waals surface area contributed by atoms with Gasteiger partial charge in [-0.05, 0) is 12.5 Å². The Labute approximate surface area is 189 Å². The van der Waals surface area contributed by atoms with Gasteiger partial charge in [-0.1, -0.05) is 60.7 Å². The van der Waals surface area contributed by atoms with Gasteiger partial charge in [0, 0.05) is 50.8 Å². The highest BCUT2D eigenvalue weighted by Gasteiger charge is 2.34. The number of aryl methyl sites for hydroxylation is 1. The van der Waals surface area contributed by atoms with Gasteiger partial charge >= 0.3 is 6.03 Å². The van der Waals surface area contributed by atoms with Crippen LogP contribution in [0.25, 0.3) is 11.3 Å². The predicted octanol–water partition coefficient (Wildman–Crippen LogP) is 3.63. The number of amides is 2. The van der Waals surface area contributed by atoms with Crippen molar-refractivity contribution in [2.45, 2.75) is 18.9 Å². The molecule has 168 valence electrons. The minimum Gasteiger partial charge on any atom is -0.383 e. The molecule has 4 rings (SSSR count). The number of anilines is 1. The molecule has 1 aliphatic rings. The van der Waals surface area contributed by atoms with E-state index in [4.69, 9.17) is 4.74 Å². The van der Waals surface area contributed by atoms with Crippen molar-refractivity contribution in [1.82, 2.24) is 20.0 Å². The quantitative estimate of drug-likeness (QED) is 0.597. The van der Waals surface area contributed by atoms with Crippen molar-refractivity contribution < 1.29 is 9.53 Å². The Morgan fingerprint density at radius 3 is 2.47 bits per heavy atom. The monoisotopic (exact) mass is 433 g/mol. The van der Waals surface area contributed by atoms with Gasteiger partial charge in [-0.15, -0.1) is 0 Å². The third kappa shape index (κ3) is 4.84. The average Bonchev–Trinajstić information content (AvgIpc) is 3.34. The van der Waals surface area contributed by atoms with Crippen LogP contribution in [-0.2, 0) is 11.8 Å². The lowest BCUT2D eigenvalue weighted by atomic mass is 9.94. The average molecular weight is 434 g/mol. The fraction of sp³-hybridized carbons (Fsp3) is 0.360. The number of carbonyl (C=O) groups excluding carboxylic acids is 1. The molecule has 0 bridgehead atoms. The number of rotatable bonds is 7. The first kappa shape index (κ1) is 22.0. The van der Waals surface area contributed by atoms with Crippen molar-refractivity contribution >= 4 is 11.8 Å². The second-order valence-corrected chi connectivity index (χ2v) is 8.29. The number of carbonyl (C=O) groups is 1. The molecule has 1 aromatic heterocycles. The van der Waals surface area contributed by atoms with Crippen LogP contribution < -0.4 is 10.6 Å². The smallest absolute Gasteiger partial charge is 0.320 e. The first-order valence-corrected chi connectivity index (χ1v) is 11.0. The normalized spacial score (nSPS) is 18.6. The van der Waals surface area contributed by atoms with Crippen molar-refractivity contribution in [3.63, 3.8) is 0 Å². The van der Waals surface area contributed by atoms with Gasteiger partial charge in [0.1, 0.15) is 5.82 Å². The van der Waals surface area contributed by atoms with Crippen molar-refractivity contribution in [1.29, 1.82) is 0 Å². The van der Waals surface area contributed by atoms with Crippen LogP contribution >= 0.6 is 0 Å². The summed E-state index contributed by atoms with van der Waals surface area (Å²) < 4.78 is 6.98. The Balaban J connectivity index is 1.48. The van der Waals surface area contributed by atoms with Gasteiger partial charge in [0.25, 0.3) is 0 Å². The highest BCUT2D eigenvalue weighted by Crippen LogP contribution is 2.29. The molecule has 0 spiro atoms. The third-order valence-electron chi connectivity index (χ3n) is 6.11. The number of ether oxygens (including phenoxy) is 1. The fourth-order valence-corrected chi connectivity index (χ4v) is 4.46. The van der Waals surface area contributed by atoms with Crippen LogP contribution in [0.3, 0.4) is 0 Å². The van der Waals surface area contributed by atoms with E-state index < -0.39 is 0 Å². The maximum Gasteiger partial charge on any atom is 0.320 e. The summed E-state index contributed by atoms with van der Waals surface area (Å²) >= 11 is 0. The largest absolute Gasteiger partial charge is 0.383 e. The molecule has 1 aliphatic heterocycles. The first-order chi connectivity index (χ1) is 15.6. The number of benzene rings is 2. The molecule has 1 fully saturated rings. The maximum atomic E-state index is 13.0. The fourth-order valence-electron chi connectivity index (χ4n) is 4.46. The van der Waals surface area contributed by atoms with E-state index in [9.17, 15) is 4.79 Å². The highest BCUT2D eigenvalue weighted by atomic mass is 16.5. The van der Waals surface area contributed by atoms with Crippen molar-refractivity contribution in [2.75, 3.05) is 38.7 Å². The van der Waals surface area contributed by atoms with E-state index in [1.807, 2.05) is 62.5 Å². The summed E-state index contributed by atoms with van der Waals surface area (Å²) in [7, 11) is 3.57. The van der Waals surface area contributed by atoms with Crippen LogP contribution in [0.4, 0.5) is 10.6 Å². The molecule has 7 nitrogen and oxygen atoms in total. The number of urea groups is 1. The lowest BCUT2D eigenvalue weighted by molar-refractivity contribution is 0.159. The summed E-state index contributed by atoms with van der Waals surface area (Å²) in [4.78, 5) is 15.4. The van der Waals surface area contributed by atoms with Crippen molar-refractivity contribution in [3.05, 3.63) is 71.8 Å². The first-order valence-electron chi connectivity index (χ1n) is 11.0. The zero-order valence-corrected chi connectivity index (χ0v) is 18.9. The van der Waals surface area contributed by atoms with Crippen LogP contribution in [0.5, 0.6) is 0 Å². The molecule has 3 aromatic rings. The van der Waals surface area contributed by atoms with Crippen LogP contribution in [0, 0.1) is 6.92 Å². The van der Waals surface area contributed by atoms with Gasteiger partial charge in [-0.25, -0.2) is 4.79 Å². The SMILES string of the molecule is COCCN1C[C@@H](NC(=O)Nc2c(C)c(-c3ccccc3)nn2C)[C@H](c2ccccc2)C1. The van der Waals surface area contributed by atoms with Crippen LogP contribution in [-0.4, -0.2) is 60.1 Å². The molecule has 2 atom stereocenters. The Bertz CT molecular complexity index is 1040. The number of nitrogens with one attached hydrogen (secondary N) is 2. The second-order valence-electron chi connectivity index (χ2n) is 8.29. The minimum atomic E-state index is -0.213. The van der Waals surface area contributed by atoms with E-state index in [1.165, 1.54) is 5.56 Å². The summed E-state index contributed by atoms with van der Waals surface area (Å²) in [5, 5.41) is 10.9. The van der Waals surface area contributed by atoms with Crippen molar-refractivity contribution in [3.8, 4) is 11.3 Å². The third-order valence-corrected chi connectivity index (χ3v) is 6.11. The molecule has 2 aromatic carbocycles. The van der Waals surface area contributed by atoms with E-state index in [0.29, 0.717) is 12.4 Å². The Morgan fingerprint density at radius 1 is 1.09 bits per heavy atom. The summed E-state index contributed by atoms with van der Waals surface area (Å²) in [6.07, 6.45) is 0. The van der Waals surface area contributed by atoms with Crippen LogP contribution in [0.1, 0.15) is 17.0 Å². The molecule has 2 amide bonds. The number of nitrogens with zero attached hydrogens (tertiary/aromatic N) is 3. The minimum absolute atomic E-state index is 0.0105. The molecule has 7 heteroatoms. The number of methoxy groups -OCH3 is 1. The van der Waals surface area contributed by atoms with E-state index in [-0.39, 0.29) is 18.0 Å². The maximum absolute atomic E-state index is 13.0. The van der Waals surface area contributed by atoms with Gasteiger partial charge in [-0.2, -0.15) is 5.10 Å². The van der Waals surface area contributed by atoms with Gasteiger partial charge in [-0.3, -0.25) is 14.9 Å². The number of likely N-dealkylation sites (tertiary alicyclic amines) is 1. The predicted molar refractivity (Wildman–Crippen MR) is 127 cm³/mol. The highest BCUT2D eigenvalue weighted by molar-refractivity contribution is 5.90. The molecule has 2 N–H and O–H groups in total. The Morgan fingerprint density at radius 2 is 1.78 bits per heavy atom. The van der Waals surface area contributed by atoms with Gasteiger partial charge in [0.2, 0.25) is 0 Å². The molecule has 0 aliphatic carbocycles. The number of hydrogen-bond donors (Lipinski definition) is 2. The summed E-state index contributed by atoms with van der Waals surface area (Å²) in [6, 6.07) is 20.2. The van der Waals surface area contributed by atoms with Gasteiger partial charge < -0.3 is 10.1 Å². The molecular weight excluding hydrogens is 402 g/mol. The molecule has 0 radical (unpaired) electrons. The molecule has 32 heavy (non-hydrogen) atoms. The molecule has 0 unspecified atom stereocenters. The molecule has 0 saturated carbocycles. The van der Waals surface area contributed by atoms with Crippen molar-refractivity contribution in [2.24, 2.45) is 7.05 Å². The van der Waals surface area contributed by atoms with E-state index in [0.717, 1.165) is 36.5 Å². The lowest BCUT2D eigenvalue weighted by Gasteiger charge is -2.20. The summed E-state index contributed by atoms with van der Waals surface area (Å²) in [5.74, 6) is 0.929. The molecular formula is C25H31N5O2. The standard InChI is InChI=1S/C25H31N5O2/c1-18-23(20-12-8-5-9-13-20)28-29(2)24(18)27-25(31)26-22-17-30(14-15-32-3)16-21(22)19-10-6-4-7-11-19/h4-13,21-22H,14-17H2,1-3H3,(H2,26,27,31)/t21-,22+/m0/s1. The lowest BCUT2D eigenvalue weighted by Crippen LogP contribution is -2.42. The summed E-state index contributed by atoms with van der Waals surface area (Å²) in [5.41, 5.74) is 4.09. The van der Waals surface area contributed by atoms with E-state index in [1.54, 1.807) is 11.8 Å². The topological polar surface area (TPSA) is 71.4 Å². The van der Waals surface area contributed by atoms with E-state index in [2.05, 4.69) is 32.8 Å². The van der Waals surface area contributed by atoms with Crippen LogP contribution in [0.2, 0.25) is 0 Å². The number of hydrogen-bond acceptors (Lipinski definition) is 4. The zero-order chi connectivity index (χ0) is 22.5. The van der Waals surface area contributed by atoms with E-state index >= 15 is 0 Å². The van der Waals surface area contributed by atoms with Gasteiger partial charge in [0.15, 0.2) is 0 Å². The Kier molecular flexibility index (Phi) is 6.87. The number of aromatic nitrogens is 2. The molecule has 1 saturated heterocycles. The second kappa shape index (κ2) is 9.97. The Hall–Kier alpha value is -3.16. The summed E-state index contributed by atoms with van der Waals surface area (Å²) in [6.45, 7) is 5.19. The van der Waals surface area contributed by atoms with Crippen LogP contribution in [0.15, 0.2) is 60.7 Å². The van der Waals surface area contributed by atoms with Gasteiger partial charge in [0.05, 0.1) is 18.3 Å². The zero-order valence-electron chi connectivity index (χ0n) is 18.9.